The summed E-state index contributed by atoms with van der Waals surface area (Å²) < 4.78 is 5.12. The first-order valence-electron chi connectivity index (χ1n) is 11.0. The number of phenolic OH excluding ortho intramolecular Hbond substituents is 1. The van der Waals surface area contributed by atoms with Gasteiger partial charge in [0.15, 0.2) is 0 Å². The molecule has 0 aliphatic carbocycles. The topological polar surface area (TPSA) is 78.9 Å². The zero-order valence-electron chi connectivity index (χ0n) is 19.1. The Labute approximate surface area is 195 Å². The Morgan fingerprint density at radius 2 is 1.84 bits per heavy atom. The average Bonchev–Trinajstić information content (AvgIpc) is 2.75. The van der Waals surface area contributed by atoms with Crippen LogP contribution in [0.2, 0.25) is 5.02 Å². The standard InChI is InChI=1S/C25H33ClN2O4/c1-4-32-25(31)22(15-18-11-7-5-8-12-18)27-24(30)20-17-21(26)19(16-23(20)29)13-9-6-10-14-28(2)3/h5,7-8,11-12,16-17,22,29H,4,6,9-10,13-15H2,1-3H3,(H,27,30)/t22-/m1/s1. The number of nitrogens with one attached hydrogen (secondary N) is 1. The number of rotatable bonds is 12. The van der Waals surface area contributed by atoms with Crippen LogP contribution in [0.4, 0.5) is 0 Å². The van der Waals surface area contributed by atoms with Crippen molar-refractivity contribution in [1.29, 1.82) is 0 Å². The Morgan fingerprint density at radius 3 is 2.50 bits per heavy atom. The normalized spacial score (nSPS) is 11.9. The predicted molar refractivity (Wildman–Crippen MR) is 127 cm³/mol. The molecule has 0 aliphatic rings. The number of benzene rings is 2. The van der Waals surface area contributed by atoms with Crippen LogP contribution in [0.25, 0.3) is 0 Å². The largest absolute Gasteiger partial charge is 0.507 e. The average molecular weight is 461 g/mol. The van der Waals surface area contributed by atoms with Crippen LogP contribution in [-0.4, -0.2) is 55.2 Å². The van der Waals surface area contributed by atoms with Gasteiger partial charge in [0.2, 0.25) is 0 Å². The van der Waals surface area contributed by atoms with Crippen LogP contribution in [0.3, 0.4) is 0 Å². The van der Waals surface area contributed by atoms with E-state index in [1.165, 1.54) is 6.07 Å². The summed E-state index contributed by atoms with van der Waals surface area (Å²) in [6.45, 7) is 2.95. The quantitative estimate of drug-likeness (QED) is 0.366. The minimum Gasteiger partial charge on any atom is -0.507 e. The molecular formula is C25H33ClN2O4. The van der Waals surface area contributed by atoms with E-state index in [9.17, 15) is 14.7 Å². The number of hydrogen-bond acceptors (Lipinski definition) is 5. The molecule has 0 heterocycles. The number of halogens is 1. The Morgan fingerprint density at radius 1 is 1.12 bits per heavy atom. The Balaban J connectivity index is 2.07. The minimum absolute atomic E-state index is 0.0358. The van der Waals surface area contributed by atoms with Gasteiger partial charge in [-0.3, -0.25) is 4.79 Å². The molecule has 2 N–H and O–H groups in total. The van der Waals surface area contributed by atoms with Gasteiger partial charge in [-0.25, -0.2) is 4.79 Å². The van der Waals surface area contributed by atoms with Crippen molar-refractivity contribution in [2.75, 3.05) is 27.2 Å². The third-order valence-corrected chi connectivity index (χ3v) is 5.47. The highest BCUT2D eigenvalue weighted by Crippen LogP contribution is 2.28. The van der Waals surface area contributed by atoms with E-state index in [-0.39, 0.29) is 24.3 Å². The van der Waals surface area contributed by atoms with Gasteiger partial charge in [0.1, 0.15) is 11.8 Å². The van der Waals surface area contributed by atoms with Crippen LogP contribution in [0.15, 0.2) is 42.5 Å². The highest BCUT2D eigenvalue weighted by Gasteiger charge is 2.25. The number of phenols is 1. The van der Waals surface area contributed by atoms with E-state index in [4.69, 9.17) is 16.3 Å². The molecule has 0 radical (unpaired) electrons. The number of aromatic hydroxyl groups is 1. The molecule has 174 valence electrons. The second-order valence-corrected chi connectivity index (χ2v) is 8.45. The van der Waals surface area contributed by atoms with Gasteiger partial charge in [-0.05, 0) is 70.1 Å². The van der Waals surface area contributed by atoms with Gasteiger partial charge >= 0.3 is 5.97 Å². The highest BCUT2D eigenvalue weighted by molar-refractivity contribution is 6.31. The molecule has 2 aromatic rings. The number of carbonyl (C=O) groups excluding carboxylic acids is 2. The summed E-state index contributed by atoms with van der Waals surface area (Å²) in [5.74, 6) is -1.25. The SMILES string of the molecule is CCOC(=O)[C@@H](Cc1ccccc1)NC(=O)c1cc(Cl)c(CCCCCN(C)C)cc1O. The van der Waals surface area contributed by atoms with E-state index in [2.05, 4.69) is 10.2 Å². The number of hydrogen-bond donors (Lipinski definition) is 2. The maximum atomic E-state index is 12.9. The smallest absolute Gasteiger partial charge is 0.328 e. The predicted octanol–water partition coefficient (Wildman–Crippen LogP) is 4.22. The first-order chi connectivity index (χ1) is 15.3. The third kappa shape index (κ3) is 8.17. The lowest BCUT2D eigenvalue weighted by atomic mass is 10.0. The summed E-state index contributed by atoms with van der Waals surface area (Å²) in [5.41, 5.74) is 1.73. The number of ether oxygens (including phenoxy) is 1. The fraction of sp³-hybridized carbons (Fsp3) is 0.440. The van der Waals surface area contributed by atoms with Crippen LogP contribution >= 0.6 is 11.6 Å². The lowest BCUT2D eigenvalue weighted by Gasteiger charge is -2.18. The van der Waals surface area contributed by atoms with Gasteiger partial charge in [0, 0.05) is 11.4 Å². The molecule has 32 heavy (non-hydrogen) atoms. The van der Waals surface area contributed by atoms with Crippen LogP contribution in [-0.2, 0) is 22.4 Å². The summed E-state index contributed by atoms with van der Waals surface area (Å²) in [4.78, 5) is 27.4. The maximum Gasteiger partial charge on any atom is 0.328 e. The van der Waals surface area contributed by atoms with E-state index >= 15 is 0 Å². The van der Waals surface area contributed by atoms with Gasteiger partial charge in [0.05, 0.1) is 12.2 Å². The van der Waals surface area contributed by atoms with Crippen molar-refractivity contribution in [1.82, 2.24) is 10.2 Å². The fourth-order valence-electron chi connectivity index (χ4n) is 3.42. The van der Waals surface area contributed by atoms with Crippen LogP contribution in [0.1, 0.15) is 47.7 Å². The Hall–Kier alpha value is -2.57. The lowest BCUT2D eigenvalue weighted by molar-refractivity contribution is -0.145. The molecule has 6 nitrogen and oxygen atoms in total. The van der Waals surface area contributed by atoms with Crippen molar-refractivity contribution in [2.45, 2.75) is 45.1 Å². The summed E-state index contributed by atoms with van der Waals surface area (Å²) in [6, 6.07) is 11.5. The summed E-state index contributed by atoms with van der Waals surface area (Å²) in [5, 5.41) is 13.6. The van der Waals surface area contributed by atoms with Gasteiger partial charge in [0.25, 0.3) is 5.91 Å². The molecule has 0 saturated carbocycles. The first kappa shape index (κ1) is 25.7. The molecule has 0 bridgehead atoms. The van der Waals surface area contributed by atoms with E-state index in [0.717, 1.165) is 43.4 Å². The van der Waals surface area contributed by atoms with E-state index < -0.39 is 17.9 Å². The van der Waals surface area contributed by atoms with Crippen LogP contribution in [0, 0.1) is 0 Å². The van der Waals surface area contributed by atoms with Gasteiger partial charge in [-0.15, -0.1) is 0 Å². The zero-order chi connectivity index (χ0) is 23.5. The third-order valence-electron chi connectivity index (χ3n) is 5.12. The summed E-state index contributed by atoms with van der Waals surface area (Å²) >= 11 is 6.40. The highest BCUT2D eigenvalue weighted by atomic mass is 35.5. The van der Waals surface area contributed by atoms with Crippen molar-refractivity contribution in [3.05, 3.63) is 64.2 Å². The molecule has 2 rings (SSSR count). The second kappa shape index (κ2) is 13.1. The molecule has 0 aliphatic heterocycles. The first-order valence-corrected chi connectivity index (χ1v) is 11.4. The number of carbonyl (C=O) groups is 2. The molecule has 0 spiro atoms. The fourth-order valence-corrected chi connectivity index (χ4v) is 3.68. The molecule has 1 amide bonds. The van der Waals surface area contributed by atoms with E-state index in [1.54, 1.807) is 13.0 Å². The number of unbranched alkanes of at least 4 members (excludes halogenated alkanes) is 2. The second-order valence-electron chi connectivity index (χ2n) is 8.04. The molecule has 0 saturated heterocycles. The van der Waals surface area contributed by atoms with Crippen molar-refractivity contribution in [3.63, 3.8) is 0 Å². The van der Waals surface area contributed by atoms with Crippen LogP contribution in [0.5, 0.6) is 5.75 Å². The molecule has 2 aromatic carbocycles. The number of aryl methyl sites for hydroxylation is 1. The Kier molecular flexibility index (Phi) is 10.5. The van der Waals surface area contributed by atoms with Crippen LogP contribution < -0.4 is 5.32 Å². The zero-order valence-corrected chi connectivity index (χ0v) is 19.8. The van der Waals surface area contributed by atoms with E-state index in [0.29, 0.717) is 5.02 Å². The molecule has 7 heteroatoms. The Bertz CT molecular complexity index is 887. The lowest BCUT2D eigenvalue weighted by Crippen LogP contribution is -2.43. The maximum absolute atomic E-state index is 12.9. The van der Waals surface area contributed by atoms with Gasteiger partial charge in [-0.2, -0.15) is 0 Å². The summed E-state index contributed by atoms with van der Waals surface area (Å²) in [6.07, 6.45) is 4.10. The van der Waals surface area contributed by atoms with Gasteiger partial charge in [-0.1, -0.05) is 48.4 Å². The molecular weight excluding hydrogens is 428 g/mol. The van der Waals surface area contributed by atoms with Crippen molar-refractivity contribution in [3.8, 4) is 5.75 Å². The molecule has 0 unspecified atom stereocenters. The van der Waals surface area contributed by atoms with Crippen molar-refractivity contribution >= 4 is 23.5 Å². The molecule has 0 fully saturated rings. The van der Waals surface area contributed by atoms with Crippen molar-refractivity contribution < 1.29 is 19.4 Å². The molecule has 1 atom stereocenters. The monoisotopic (exact) mass is 460 g/mol. The van der Waals surface area contributed by atoms with Crippen molar-refractivity contribution in [2.24, 2.45) is 0 Å². The number of amides is 1. The molecule has 0 aromatic heterocycles. The summed E-state index contributed by atoms with van der Waals surface area (Å²) in [7, 11) is 4.09. The number of nitrogens with zero attached hydrogens (tertiary/aromatic N) is 1. The number of esters is 1. The van der Waals surface area contributed by atoms with E-state index in [1.807, 2.05) is 44.4 Å². The minimum atomic E-state index is -0.876. The van der Waals surface area contributed by atoms with Gasteiger partial charge < -0.3 is 20.1 Å².